The predicted octanol–water partition coefficient (Wildman–Crippen LogP) is -1.72. The molecule has 3 aromatic rings. The van der Waals surface area contributed by atoms with E-state index in [1.54, 1.807) is 11.8 Å². The quantitative estimate of drug-likeness (QED) is 0.447. The fourth-order valence-electron chi connectivity index (χ4n) is 4.29. The van der Waals surface area contributed by atoms with Crippen LogP contribution in [-0.4, -0.2) is 72.1 Å². The number of nitrogens with one attached hydrogen (secondary N) is 3. The summed E-state index contributed by atoms with van der Waals surface area (Å²) in [5, 5.41) is 13.5. The molecular formula is C21H31N7O2+2. The van der Waals surface area contributed by atoms with Gasteiger partial charge in [0.2, 0.25) is 5.82 Å². The van der Waals surface area contributed by atoms with E-state index in [0.29, 0.717) is 18.7 Å². The second kappa shape index (κ2) is 8.63. The van der Waals surface area contributed by atoms with Gasteiger partial charge in [0, 0.05) is 12.6 Å². The molecule has 3 N–H and O–H groups in total. The van der Waals surface area contributed by atoms with Crippen LogP contribution in [-0.2, 0) is 11.3 Å². The molecule has 0 aliphatic carbocycles. The molecule has 160 valence electrons. The number of hydrogen-bond donors (Lipinski definition) is 3. The Hall–Kier alpha value is -2.62. The van der Waals surface area contributed by atoms with Gasteiger partial charge < -0.3 is 19.5 Å². The Morgan fingerprint density at radius 3 is 2.63 bits per heavy atom. The summed E-state index contributed by atoms with van der Waals surface area (Å²) in [5.41, 5.74) is 3.88. The molecule has 0 saturated carbocycles. The van der Waals surface area contributed by atoms with E-state index in [4.69, 9.17) is 4.74 Å². The SMILES string of the molecule is COCCn1nnnc1[C@@H](c1cc2cc(C)c(C)cc2[nH]c1=O)[NH+]1CC[NH+](C)CC1. The molecular weight excluding hydrogens is 382 g/mol. The summed E-state index contributed by atoms with van der Waals surface area (Å²) < 4.78 is 7.00. The number of aryl methyl sites for hydroxylation is 2. The molecule has 0 unspecified atom stereocenters. The summed E-state index contributed by atoms with van der Waals surface area (Å²) in [6, 6.07) is 5.98. The van der Waals surface area contributed by atoms with Gasteiger partial charge in [0.15, 0.2) is 6.04 Å². The Labute approximate surface area is 175 Å². The van der Waals surface area contributed by atoms with Crippen molar-refractivity contribution in [1.82, 2.24) is 25.2 Å². The first-order valence-corrected chi connectivity index (χ1v) is 10.5. The number of tetrazole rings is 1. The third kappa shape index (κ3) is 4.00. The Morgan fingerprint density at radius 2 is 1.90 bits per heavy atom. The van der Waals surface area contributed by atoms with E-state index in [9.17, 15) is 4.79 Å². The van der Waals surface area contributed by atoms with Gasteiger partial charge in [-0.25, -0.2) is 4.68 Å². The van der Waals surface area contributed by atoms with Gasteiger partial charge in [-0.2, -0.15) is 0 Å². The highest BCUT2D eigenvalue weighted by Crippen LogP contribution is 2.21. The second-order valence-corrected chi connectivity index (χ2v) is 8.38. The first-order valence-electron chi connectivity index (χ1n) is 10.5. The van der Waals surface area contributed by atoms with Crippen LogP contribution >= 0.6 is 0 Å². The van der Waals surface area contributed by atoms with Crippen LogP contribution in [0.15, 0.2) is 23.0 Å². The third-order valence-electron chi connectivity index (χ3n) is 6.28. The summed E-state index contributed by atoms with van der Waals surface area (Å²) in [6.45, 7) is 9.24. The lowest BCUT2D eigenvalue weighted by atomic mass is 10.0. The maximum absolute atomic E-state index is 13.2. The highest BCUT2D eigenvalue weighted by atomic mass is 16.5. The average Bonchev–Trinajstić information content (AvgIpc) is 3.18. The van der Waals surface area contributed by atoms with E-state index in [-0.39, 0.29) is 11.6 Å². The van der Waals surface area contributed by atoms with E-state index in [0.717, 1.165) is 42.9 Å². The minimum atomic E-state index is -0.222. The largest absolute Gasteiger partial charge is 0.383 e. The first-order chi connectivity index (χ1) is 14.5. The van der Waals surface area contributed by atoms with Crippen molar-refractivity contribution < 1.29 is 14.5 Å². The maximum Gasteiger partial charge on any atom is 0.258 e. The van der Waals surface area contributed by atoms with E-state index in [2.05, 4.69) is 47.5 Å². The van der Waals surface area contributed by atoms with Gasteiger partial charge >= 0.3 is 0 Å². The van der Waals surface area contributed by atoms with Gasteiger partial charge in [0.05, 0.1) is 25.8 Å². The molecule has 0 bridgehead atoms. The fourth-order valence-corrected chi connectivity index (χ4v) is 4.29. The van der Waals surface area contributed by atoms with Crippen molar-refractivity contribution in [2.45, 2.75) is 26.4 Å². The van der Waals surface area contributed by atoms with Gasteiger partial charge in [-0.1, -0.05) is 0 Å². The molecule has 1 aliphatic rings. The lowest BCUT2D eigenvalue weighted by molar-refractivity contribution is -1.02. The van der Waals surface area contributed by atoms with Crippen molar-refractivity contribution in [3.63, 3.8) is 0 Å². The molecule has 1 aromatic carbocycles. The van der Waals surface area contributed by atoms with Crippen LogP contribution in [0.4, 0.5) is 0 Å². The molecule has 1 atom stereocenters. The van der Waals surface area contributed by atoms with Crippen LogP contribution in [0.5, 0.6) is 0 Å². The number of methoxy groups -OCH3 is 1. The fraction of sp³-hybridized carbons (Fsp3) is 0.524. The average molecular weight is 414 g/mol. The number of hydrogen-bond acceptors (Lipinski definition) is 5. The van der Waals surface area contributed by atoms with Crippen molar-refractivity contribution in [3.8, 4) is 0 Å². The number of quaternary nitrogens is 2. The number of aromatic nitrogens is 5. The number of ether oxygens (including phenoxy) is 1. The van der Waals surface area contributed by atoms with Gasteiger partial charge in [-0.15, -0.1) is 5.10 Å². The third-order valence-corrected chi connectivity index (χ3v) is 6.28. The van der Waals surface area contributed by atoms with Crippen LogP contribution in [0, 0.1) is 13.8 Å². The zero-order valence-corrected chi connectivity index (χ0v) is 18.2. The van der Waals surface area contributed by atoms with Crippen molar-refractivity contribution in [3.05, 3.63) is 51.1 Å². The number of H-pyrrole nitrogens is 1. The van der Waals surface area contributed by atoms with E-state index in [1.807, 2.05) is 12.1 Å². The minimum absolute atomic E-state index is 0.0733. The molecule has 0 amide bonds. The number of likely N-dealkylation sites (N-methyl/N-ethyl adjacent to an activating group) is 1. The summed E-state index contributed by atoms with van der Waals surface area (Å²) in [5.74, 6) is 0.718. The molecule has 9 nitrogen and oxygen atoms in total. The van der Waals surface area contributed by atoms with Gasteiger partial charge in [0.1, 0.15) is 26.2 Å². The topological polar surface area (TPSA) is 94.6 Å². The molecule has 3 heterocycles. The summed E-state index contributed by atoms with van der Waals surface area (Å²) >= 11 is 0. The van der Waals surface area contributed by atoms with Gasteiger partial charge in [-0.3, -0.25) is 4.79 Å². The van der Waals surface area contributed by atoms with Crippen LogP contribution < -0.4 is 15.4 Å². The van der Waals surface area contributed by atoms with Crippen molar-refractivity contribution in [2.75, 3.05) is 46.9 Å². The Balaban J connectivity index is 1.84. The molecule has 30 heavy (non-hydrogen) atoms. The number of benzene rings is 1. The summed E-state index contributed by atoms with van der Waals surface area (Å²) in [7, 11) is 3.87. The predicted molar refractivity (Wildman–Crippen MR) is 113 cm³/mol. The standard InChI is InChI=1S/C21H29N7O2/c1-14-11-16-13-17(21(29)22-18(16)12-15(14)2)19(27-7-5-26(3)6-8-27)20-23-24-25-28(20)9-10-30-4/h11-13,19H,5-10H2,1-4H3,(H,22,29)/p+2/t19-/m1/s1. The monoisotopic (exact) mass is 413 g/mol. The lowest BCUT2D eigenvalue weighted by Crippen LogP contribution is -3.27. The van der Waals surface area contributed by atoms with Crippen molar-refractivity contribution in [1.29, 1.82) is 0 Å². The van der Waals surface area contributed by atoms with Crippen LogP contribution in [0.2, 0.25) is 0 Å². The number of pyridine rings is 1. The zero-order chi connectivity index (χ0) is 21.3. The molecule has 1 fully saturated rings. The molecule has 9 heteroatoms. The summed E-state index contributed by atoms with van der Waals surface area (Å²) in [4.78, 5) is 19.2. The Bertz CT molecular complexity index is 1080. The number of fused-ring (bicyclic) bond motifs is 1. The van der Waals surface area contributed by atoms with Gasteiger partial charge in [-0.05, 0) is 59.0 Å². The Kier molecular flexibility index (Phi) is 5.94. The molecule has 4 rings (SSSR count). The van der Waals surface area contributed by atoms with E-state index in [1.165, 1.54) is 20.9 Å². The normalized spacial score (nSPS) is 20.5. The van der Waals surface area contributed by atoms with Crippen LogP contribution in [0.3, 0.4) is 0 Å². The highest BCUT2D eigenvalue weighted by Gasteiger charge is 2.36. The smallest absolute Gasteiger partial charge is 0.258 e. The molecule has 1 saturated heterocycles. The lowest BCUT2D eigenvalue weighted by Gasteiger charge is -2.32. The van der Waals surface area contributed by atoms with Crippen LogP contribution in [0.25, 0.3) is 10.9 Å². The molecule has 0 radical (unpaired) electrons. The van der Waals surface area contributed by atoms with Gasteiger partial charge in [0.25, 0.3) is 5.56 Å². The van der Waals surface area contributed by atoms with E-state index < -0.39 is 0 Å². The Morgan fingerprint density at radius 1 is 1.17 bits per heavy atom. The molecule has 1 aliphatic heterocycles. The molecule has 0 spiro atoms. The number of piperazine rings is 1. The first kappa shape index (κ1) is 20.6. The zero-order valence-electron chi connectivity index (χ0n) is 18.2. The van der Waals surface area contributed by atoms with Crippen molar-refractivity contribution in [2.24, 2.45) is 0 Å². The second-order valence-electron chi connectivity index (χ2n) is 8.38. The van der Waals surface area contributed by atoms with E-state index >= 15 is 0 Å². The number of nitrogens with zero attached hydrogens (tertiary/aromatic N) is 4. The molecule has 2 aromatic heterocycles. The minimum Gasteiger partial charge on any atom is -0.383 e. The number of aromatic amines is 1. The van der Waals surface area contributed by atoms with Crippen molar-refractivity contribution >= 4 is 10.9 Å². The summed E-state index contributed by atoms with van der Waals surface area (Å²) in [6.07, 6.45) is 0. The maximum atomic E-state index is 13.2. The number of rotatable bonds is 6. The highest BCUT2D eigenvalue weighted by molar-refractivity contribution is 5.80. The van der Waals surface area contributed by atoms with Crippen LogP contribution in [0.1, 0.15) is 28.6 Å².